The van der Waals surface area contributed by atoms with Crippen LogP contribution < -0.4 is 10.6 Å². The van der Waals surface area contributed by atoms with Gasteiger partial charge in [0.15, 0.2) is 11.1 Å². The number of aryl methyl sites for hydroxylation is 1. The molecule has 1 saturated heterocycles. The van der Waals surface area contributed by atoms with Crippen LogP contribution in [0.25, 0.3) is 0 Å². The minimum atomic E-state index is 0.588. The molecule has 1 aliphatic heterocycles. The van der Waals surface area contributed by atoms with Crippen LogP contribution in [0.15, 0.2) is 10.1 Å². The number of ether oxygens (including phenoxy) is 1. The second-order valence-electron chi connectivity index (χ2n) is 7.66. The largest absolute Gasteiger partial charge is 0.379 e. The molecule has 0 radical (unpaired) electrons. The van der Waals surface area contributed by atoms with Crippen molar-refractivity contribution in [2.24, 2.45) is 4.99 Å². The fourth-order valence-electron chi connectivity index (χ4n) is 4.07. The molecule has 0 atom stereocenters. The van der Waals surface area contributed by atoms with Gasteiger partial charge < -0.3 is 19.9 Å². The minimum Gasteiger partial charge on any atom is -0.379 e. The van der Waals surface area contributed by atoms with Gasteiger partial charge in [0.05, 0.1) is 13.2 Å². The number of hydrogen-bond acceptors (Lipinski definition) is 6. The predicted molar refractivity (Wildman–Crippen MR) is 119 cm³/mol. The summed E-state index contributed by atoms with van der Waals surface area (Å²) >= 11 is 1.70. The summed E-state index contributed by atoms with van der Waals surface area (Å²) in [6.45, 7) is 9.43. The van der Waals surface area contributed by atoms with Gasteiger partial charge in [0, 0.05) is 51.7 Å². The number of thioether (sulfide) groups is 1. The molecule has 2 heterocycles. The summed E-state index contributed by atoms with van der Waals surface area (Å²) in [5.74, 6) is 2.03. The number of hydrogen-bond donors (Lipinski definition) is 2. The summed E-state index contributed by atoms with van der Waals surface area (Å²) in [6.07, 6.45) is 9.17. The van der Waals surface area contributed by atoms with E-state index in [0.717, 1.165) is 82.3 Å². The average molecular weight is 424 g/mol. The molecule has 2 N–H and O–H groups in total. The Morgan fingerprint density at radius 3 is 2.72 bits per heavy atom. The minimum absolute atomic E-state index is 0.588. The lowest BCUT2D eigenvalue weighted by molar-refractivity contribution is 0.0389. The van der Waals surface area contributed by atoms with E-state index >= 15 is 0 Å². The van der Waals surface area contributed by atoms with Gasteiger partial charge >= 0.3 is 0 Å². The smallest absolute Gasteiger partial charge is 0.191 e. The quantitative estimate of drug-likeness (QED) is 0.258. The van der Waals surface area contributed by atoms with Crippen molar-refractivity contribution in [2.75, 3.05) is 58.7 Å². The first-order chi connectivity index (χ1) is 14.3. The normalized spacial score (nSPS) is 19.0. The van der Waals surface area contributed by atoms with Gasteiger partial charge in [0.2, 0.25) is 0 Å². The first kappa shape index (κ1) is 22.4. The van der Waals surface area contributed by atoms with E-state index in [1.165, 1.54) is 25.7 Å². The molecule has 29 heavy (non-hydrogen) atoms. The van der Waals surface area contributed by atoms with E-state index in [-0.39, 0.29) is 0 Å². The Hall–Kier alpha value is -1.32. The Morgan fingerprint density at radius 1 is 1.21 bits per heavy atom. The van der Waals surface area contributed by atoms with Crippen LogP contribution in [0.3, 0.4) is 0 Å². The van der Waals surface area contributed by atoms with E-state index in [2.05, 4.69) is 43.5 Å². The van der Waals surface area contributed by atoms with E-state index in [1.54, 1.807) is 11.8 Å². The molecule has 3 rings (SSSR count). The molecule has 1 aliphatic carbocycles. The Morgan fingerprint density at radius 2 is 2.00 bits per heavy atom. The molecule has 1 aromatic heterocycles. The third-order valence-electron chi connectivity index (χ3n) is 5.60. The molecule has 164 valence electrons. The van der Waals surface area contributed by atoms with Gasteiger partial charge in [-0.05, 0) is 32.4 Å². The molecule has 0 aromatic carbocycles. The summed E-state index contributed by atoms with van der Waals surface area (Å²) in [7, 11) is 0. The highest BCUT2D eigenvalue weighted by molar-refractivity contribution is 7.98. The van der Waals surface area contributed by atoms with E-state index in [4.69, 9.17) is 9.73 Å². The summed E-state index contributed by atoms with van der Waals surface area (Å²) < 4.78 is 7.80. The lowest BCUT2D eigenvalue weighted by atomic mass is 10.2. The maximum absolute atomic E-state index is 5.41. The summed E-state index contributed by atoms with van der Waals surface area (Å²) in [5.41, 5.74) is 0. The molecule has 1 aromatic rings. The van der Waals surface area contributed by atoms with Crippen molar-refractivity contribution in [3.8, 4) is 0 Å². The fraction of sp³-hybridized carbons (Fsp3) is 0.850. The number of nitrogens with zero attached hydrogens (tertiary/aromatic N) is 5. The van der Waals surface area contributed by atoms with Crippen molar-refractivity contribution in [1.29, 1.82) is 0 Å². The lowest BCUT2D eigenvalue weighted by Crippen LogP contribution is -2.44. The number of aromatic nitrogens is 3. The van der Waals surface area contributed by atoms with Crippen LogP contribution in [-0.2, 0) is 11.2 Å². The van der Waals surface area contributed by atoms with Crippen LogP contribution in [0.1, 0.15) is 50.9 Å². The molecule has 1 saturated carbocycles. The second kappa shape index (κ2) is 12.4. The standard InChI is InChI=1S/C20H37N7OS/c1-3-21-19(23-11-12-26-13-15-28-16-14-26)22-10-6-9-18-24-25-20(29-2)27(18)17-7-4-5-8-17/h17H,3-16H2,1-2H3,(H2,21,22,23). The van der Waals surface area contributed by atoms with Gasteiger partial charge in [-0.25, -0.2) is 0 Å². The highest BCUT2D eigenvalue weighted by atomic mass is 32.2. The molecule has 0 amide bonds. The van der Waals surface area contributed by atoms with Crippen LogP contribution in [0, 0.1) is 0 Å². The van der Waals surface area contributed by atoms with Gasteiger partial charge in [-0.2, -0.15) is 0 Å². The third-order valence-corrected chi connectivity index (χ3v) is 6.25. The maximum Gasteiger partial charge on any atom is 0.191 e. The highest BCUT2D eigenvalue weighted by Gasteiger charge is 2.23. The highest BCUT2D eigenvalue weighted by Crippen LogP contribution is 2.33. The average Bonchev–Trinajstić information content (AvgIpc) is 3.41. The third kappa shape index (κ3) is 6.86. The van der Waals surface area contributed by atoms with Gasteiger partial charge in [0.25, 0.3) is 0 Å². The topological polar surface area (TPSA) is 79.6 Å². The van der Waals surface area contributed by atoms with Crippen LogP contribution in [0.5, 0.6) is 0 Å². The van der Waals surface area contributed by atoms with Crippen molar-refractivity contribution in [3.63, 3.8) is 0 Å². The van der Waals surface area contributed by atoms with Gasteiger partial charge in [-0.15, -0.1) is 10.2 Å². The lowest BCUT2D eigenvalue weighted by Gasteiger charge is -2.26. The zero-order chi connectivity index (χ0) is 20.3. The SMILES string of the molecule is CCNC(=NCCCc1nnc(SC)n1C1CCCC1)NCCN1CCOCC1. The molecule has 8 nitrogen and oxygen atoms in total. The Bertz CT molecular complexity index is 624. The first-order valence-electron chi connectivity index (χ1n) is 11.1. The summed E-state index contributed by atoms with van der Waals surface area (Å²) in [5, 5.41) is 16.8. The van der Waals surface area contributed by atoms with E-state index in [9.17, 15) is 0 Å². The van der Waals surface area contributed by atoms with Crippen LogP contribution >= 0.6 is 11.8 Å². The molecule has 2 fully saturated rings. The fourth-order valence-corrected chi connectivity index (χ4v) is 4.65. The van der Waals surface area contributed by atoms with Crippen molar-refractivity contribution >= 4 is 17.7 Å². The van der Waals surface area contributed by atoms with Crippen LogP contribution in [-0.4, -0.2) is 84.4 Å². The van der Waals surface area contributed by atoms with Crippen molar-refractivity contribution in [1.82, 2.24) is 30.3 Å². The molecule has 0 unspecified atom stereocenters. The first-order valence-corrected chi connectivity index (χ1v) is 12.3. The Kier molecular flexibility index (Phi) is 9.56. The molecule has 9 heteroatoms. The predicted octanol–water partition coefficient (Wildman–Crippen LogP) is 1.94. The number of aliphatic imine (C=N–C) groups is 1. The second-order valence-corrected chi connectivity index (χ2v) is 8.43. The molecule has 2 aliphatic rings. The van der Waals surface area contributed by atoms with E-state index < -0.39 is 0 Å². The monoisotopic (exact) mass is 423 g/mol. The van der Waals surface area contributed by atoms with Gasteiger partial charge in [-0.3, -0.25) is 9.89 Å². The number of nitrogens with one attached hydrogen (secondary N) is 2. The number of morpholine rings is 1. The summed E-state index contributed by atoms with van der Waals surface area (Å²) in [6, 6.07) is 0.588. The van der Waals surface area contributed by atoms with E-state index in [0.29, 0.717) is 6.04 Å². The molecular weight excluding hydrogens is 386 g/mol. The molecule has 0 bridgehead atoms. The van der Waals surface area contributed by atoms with Gasteiger partial charge in [-0.1, -0.05) is 24.6 Å². The number of rotatable bonds is 10. The summed E-state index contributed by atoms with van der Waals surface area (Å²) in [4.78, 5) is 7.18. The van der Waals surface area contributed by atoms with Crippen LogP contribution in [0.4, 0.5) is 0 Å². The number of guanidine groups is 1. The van der Waals surface area contributed by atoms with E-state index in [1.807, 2.05) is 0 Å². The Balaban J connectivity index is 1.45. The zero-order valence-electron chi connectivity index (χ0n) is 18.0. The Labute approximate surface area is 179 Å². The molecular formula is C20H37N7OS. The van der Waals surface area contributed by atoms with Crippen LogP contribution in [0.2, 0.25) is 0 Å². The van der Waals surface area contributed by atoms with Gasteiger partial charge in [0.1, 0.15) is 5.82 Å². The molecule has 0 spiro atoms. The maximum atomic E-state index is 5.41. The van der Waals surface area contributed by atoms with Crippen molar-refractivity contribution in [3.05, 3.63) is 5.82 Å². The zero-order valence-corrected chi connectivity index (χ0v) is 18.8. The van der Waals surface area contributed by atoms with Crippen molar-refractivity contribution in [2.45, 2.75) is 56.6 Å². The van der Waals surface area contributed by atoms with Crippen molar-refractivity contribution < 1.29 is 4.74 Å².